The van der Waals surface area contributed by atoms with Gasteiger partial charge in [-0.05, 0) is 19.3 Å². The van der Waals surface area contributed by atoms with Crippen LogP contribution in [0.3, 0.4) is 0 Å². The van der Waals surface area contributed by atoms with Crippen LogP contribution in [0.15, 0.2) is 12.5 Å². The second-order valence-electron chi connectivity index (χ2n) is 5.57. The molecule has 1 atom stereocenters. The molecule has 1 aromatic heterocycles. The quantitative estimate of drug-likeness (QED) is 0.839. The molecule has 0 saturated carbocycles. The smallest absolute Gasteiger partial charge is 0.230 e. The number of carbonyl (C=O) groups is 1. The summed E-state index contributed by atoms with van der Waals surface area (Å²) >= 11 is 0. The fraction of sp³-hybridized carbons (Fsp3) is 0.643. The highest BCUT2D eigenvalue weighted by molar-refractivity contribution is 5.91. The summed E-state index contributed by atoms with van der Waals surface area (Å²) in [7, 11) is 0. The van der Waals surface area contributed by atoms with Crippen molar-refractivity contribution in [3.63, 3.8) is 0 Å². The van der Waals surface area contributed by atoms with Crippen LogP contribution in [0.1, 0.15) is 25.3 Å². The average molecular weight is 289 g/mol. The number of imidazole rings is 1. The molecule has 1 aromatic rings. The molecule has 112 valence electrons. The summed E-state index contributed by atoms with van der Waals surface area (Å²) in [5, 5.41) is 11.7. The third-order valence-electron chi connectivity index (χ3n) is 4.17. The Morgan fingerprint density at radius 1 is 1.43 bits per heavy atom. The molecular formula is C14H19N5O2. The molecule has 2 fully saturated rings. The van der Waals surface area contributed by atoms with Gasteiger partial charge in [-0.1, -0.05) is 0 Å². The first-order chi connectivity index (χ1) is 10.3. The van der Waals surface area contributed by atoms with Crippen molar-refractivity contribution in [2.75, 3.05) is 31.6 Å². The molecule has 7 heteroatoms. The Bertz CT molecular complexity index is 544. The monoisotopic (exact) mass is 289 g/mol. The van der Waals surface area contributed by atoms with Crippen LogP contribution in [0.2, 0.25) is 0 Å². The SMILES string of the molecule is N#CN1CC[C@H](C(=O)Nc2cn(C3CCOCC3)cn2)C1. The summed E-state index contributed by atoms with van der Waals surface area (Å²) in [6.07, 6.45) is 8.40. The van der Waals surface area contributed by atoms with Crippen molar-refractivity contribution < 1.29 is 9.53 Å². The Morgan fingerprint density at radius 2 is 2.24 bits per heavy atom. The summed E-state index contributed by atoms with van der Waals surface area (Å²) in [4.78, 5) is 18.0. The summed E-state index contributed by atoms with van der Waals surface area (Å²) in [6.45, 7) is 2.71. The van der Waals surface area contributed by atoms with E-state index in [1.54, 1.807) is 11.2 Å². The number of anilines is 1. The molecule has 2 aliphatic heterocycles. The first-order valence-electron chi connectivity index (χ1n) is 7.33. The number of nitrogens with one attached hydrogen (secondary N) is 1. The van der Waals surface area contributed by atoms with Crippen LogP contribution in [-0.2, 0) is 9.53 Å². The van der Waals surface area contributed by atoms with E-state index in [-0.39, 0.29) is 11.8 Å². The van der Waals surface area contributed by atoms with Crippen LogP contribution in [0.5, 0.6) is 0 Å². The van der Waals surface area contributed by atoms with E-state index in [0.717, 1.165) is 32.5 Å². The van der Waals surface area contributed by atoms with E-state index in [2.05, 4.69) is 16.5 Å². The lowest BCUT2D eigenvalue weighted by atomic mass is 10.1. The number of nitrogens with zero attached hydrogens (tertiary/aromatic N) is 4. The zero-order valence-corrected chi connectivity index (χ0v) is 11.9. The zero-order valence-electron chi connectivity index (χ0n) is 11.9. The summed E-state index contributed by atoms with van der Waals surface area (Å²) in [5.74, 6) is 0.407. The van der Waals surface area contributed by atoms with Crippen LogP contribution >= 0.6 is 0 Å². The van der Waals surface area contributed by atoms with Crippen LogP contribution in [0, 0.1) is 17.4 Å². The van der Waals surface area contributed by atoms with Crippen molar-refractivity contribution in [1.82, 2.24) is 14.5 Å². The fourth-order valence-corrected chi connectivity index (χ4v) is 2.88. The highest BCUT2D eigenvalue weighted by atomic mass is 16.5. The molecule has 0 bridgehead atoms. The van der Waals surface area contributed by atoms with Crippen molar-refractivity contribution in [1.29, 1.82) is 5.26 Å². The van der Waals surface area contributed by atoms with Crippen molar-refractivity contribution in [2.45, 2.75) is 25.3 Å². The van der Waals surface area contributed by atoms with Gasteiger partial charge in [0.25, 0.3) is 0 Å². The Hall–Kier alpha value is -2.07. The van der Waals surface area contributed by atoms with Crippen molar-refractivity contribution >= 4 is 11.7 Å². The van der Waals surface area contributed by atoms with Gasteiger partial charge in [0.15, 0.2) is 12.0 Å². The van der Waals surface area contributed by atoms with Gasteiger partial charge in [-0.2, -0.15) is 5.26 Å². The van der Waals surface area contributed by atoms with E-state index < -0.39 is 0 Å². The van der Waals surface area contributed by atoms with Gasteiger partial charge in [-0.15, -0.1) is 0 Å². The van der Waals surface area contributed by atoms with Gasteiger partial charge in [0.2, 0.25) is 5.91 Å². The van der Waals surface area contributed by atoms with Gasteiger partial charge in [0, 0.05) is 38.5 Å². The molecule has 3 heterocycles. The molecule has 0 radical (unpaired) electrons. The van der Waals surface area contributed by atoms with Crippen molar-refractivity contribution in [3.05, 3.63) is 12.5 Å². The number of carbonyl (C=O) groups excluding carboxylic acids is 1. The number of ether oxygens (including phenoxy) is 1. The summed E-state index contributed by atoms with van der Waals surface area (Å²) in [6, 6.07) is 0.400. The molecule has 1 N–H and O–H groups in total. The van der Waals surface area contributed by atoms with Crippen LogP contribution in [0.25, 0.3) is 0 Å². The van der Waals surface area contributed by atoms with Gasteiger partial charge in [-0.3, -0.25) is 4.79 Å². The average Bonchev–Trinajstić information content (AvgIpc) is 3.17. The largest absolute Gasteiger partial charge is 0.381 e. The lowest BCUT2D eigenvalue weighted by molar-refractivity contribution is -0.119. The van der Waals surface area contributed by atoms with Gasteiger partial charge in [0.1, 0.15) is 0 Å². The minimum absolute atomic E-state index is 0.0509. The Morgan fingerprint density at radius 3 is 2.95 bits per heavy atom. The first kappa shape index (κ1) is 13.9. The van der Waals surface area contributed by atoms with Gasteiger partial charge >= 0.3 is 0 Å². The Balaban J connectivity index is 1.57. The number of amides is 1. The van der Waals surface area contributed by atoms with Gasteiger partial charge in [0.05, 0.1) is 12.2 Å². The number of aromatic nitrogens is 2. The second kappa shape index (κ2) is 6.14. The predicted octanol–water partition coefficient (Wildman–Crippen LogP) is 0.976. The molecule has 0 spiro atoms. The van der Waals surface area contributed by atoms with Crippen LogP contribution in [-0.4, -0.2) is 46.7 Å². The number of hydrogen-bond donors (Lipinski definition) is 1. The lowest BCUT2D eigenvalue weighted by Gasteiger charge is -2.22. The number of hydrogen-bond acceptors (Lipinski definition) is 5. The van der Waals surface area contributed by atoms with Crippen molar-refractivity contribution in [3.8, 4) is 6.19 Å². The lowest BCUT2D eigenvalue weighted by Crippen LogP contribution is -2.25. The first-order valence-corrected chi connectivity index (χ1v) is 7.33. The molecule has 2 aliphatic rings. The molecule has 0 aromatic carbocycles. The number of likely N-dealkylation sites (tertiary alicyclic amines) is 1. The topological polar surface area (TPSA) is 83.2 Å². The van der Waals surface area contributed by atoms with Crippen LogP contribution in [0.4, 0.5) is 5.82 Å². The molecular weight excluding hydrogens is 270 g/mol. The van der Waals surface area contributed by atoms with Gasteiger partial charge in [-0.25, -0.2) is 4.98 Å². The summed E-state index contributed by atoms with van der Waals surface area (Å²) < 4.78 is 7.40. The maximum Gasteiger partial charge on any atom is 0.230 e. The van der Waals surface area contributed by atoms with E-state index >= 15 is 0 Å². The molecule has 2 saturated heterocycles. The standard InChI is InChI=1S/C14H19N5O2/c15-9-18-4-1-11(7-18)14(20)17-13-8-19(10-16-13)12-2-5-21-6-3-12/h8,10-12H,1-7H2,(H,17,20)/t11-/m0/s1. The molecule has 0 unspecified atom stereocenters. The minimum Gasteiger partial charge on any atom is -0.381 e. The maximum absolute atomic E-state index is 12.1. The molecule has 7 nitrogen and oxygen atoms in total. The Kier molecular flexibility index (Phi) is 4.06. The van der Waals surface area contributed by atoms with Gasteiger partial charge < -0.3 is 19.5 Å². The second-order valence-corrected chi connectivity index (χ2v) is 5.57. The molecule has 3 rings (SSSR count). The number of rotatable bonds is 3. The van der Waals surface area contributed by atoms with Crippen LogP contribution < -0.4 is 5.32 Å². The molecule has 1 amide bonds. The van der Waals surface area contributed by atoms with E-state index in [0.29, 0.717) is 24.9 Å². The highest BCUT2D eigenvalue weighted by Crippen LogP contribution is 2.22. The minimum atomic E-state index is -0.127. The maximum atomic E-state index is 12.1. The van der Waals surface area contributed by atoms with E-state index in [4.69, 9.17) is 10.00 Å². The predicted molar refractivity (Wildman–Crippen MR) is 75.2 cm³/mol. The van der Waals surface area contributed by atoms with E-state index in [1.165, 1.54) is 0 Å². The zero-order chi connectivity index (χ0) is 14.7. The Labute approximate surface area is 123 Å². The highest BCUT2D eigenvalue weighted by Gasteiger charge is 2.28. The normalized spacial score (nSPS) is 23.0. The third-order valence-corrected chi connectivity index (χ3v) is 4.17. The fourth-order valence-electron chi connectivity index (χ4n) is 2.88. The van der Waals surface area contributed by atoms with E-state index in [1.807, 2.05) is 10.8 Å². The third kappa shape index (κ3) is 3.16. The molecule has 21 heavy (non-hydrogen) atoms. The van der Waals surface area contributed by atoms with Crippen molar-refractivity contribution in [2.24, 2.45) is 5.92 Å². The van der Waals surface area contributed by atoms with E-state index in [9.17, 15) is 4.79 Å². The number of nitriles is 1. The molecule has 0 aliphatic carbocycles. The summed E-state index contributed by atoms with van der Waals surface area (Å²) in [5.41, 5.74) is 0.